The average Bonchev–Trinajstić information content (AvgIpc) is 3.30. The van der Waals surface area contributed by atoms with Crippen molar-refractivity contribution in [3.8, 4) is 0 Å². The van der Waals surface area contributed by atoms with Gasteiger partial charge in [-0.15, -0.1) is 11.8 Å². The summed E-state index contributed by atoms with van der Waals surface area (Å²) in [5, 5.41) is 11.1. The Hall–Kier alpha value is -0.520. The van der Waals surface area contributed by atoms with Gasteiger partial charge in [0.2, 0.25) is 5.91 Å². The van der Waals surface area contributed by atoms with Crippen molar-refractivity contribution in [2.45, 2.75) is 82.5 Å². The largest absolute Gasteiger partial charge is 0.355 e. The monoisotopic (exact) mass is 382 g/mol. The maximum absolute atomic E-state index is 12.2. The molecular formula is C20H34N2OS2. The topological polar surface area (TPSA) is 41.1 Å². The lowest BCUT2D eigenvalue weighted by Crippen LogP contribution is -2.42. The minimum atomic E-state index is -0.0435. The zero-order valence-electron chi connectivity index (χ0n) is 15.6. The lowest BCUT2D eigenvalue weighted by atomic mass is 10.1. The first kappa shape index (κ1) is 20.8. The minimum absolute atomic E-state index is 0.0435. The number of thiophene rings is 1. The summed E-state index contributed by atoms with van der Waals surface area (Å²) in [7, 11) is 0. The summed E-state index contributed by atoms with van der Waals surface area (Å²) in [6, 6.07) is 2.09. The molecule has 0 aromatic carbocycles. The lowest BCUT2D eigenvalue weighted by molar-refractivity contribution is -0.122. The van der Waals surface area contributed by atoms with Crippen molar-refractivity contribution in [3.05, 3.63) is 22.4 Å². The number of nitrogens with one attached hydrogen (secondary N) is 2. The third kappa shape index (κ3) is 8.14. The van der Waals surface area contributed by atoms with E-state index in [0.717, 1.165) is 18.7 Å². The quantitative estimate of drug-likeness (QED) is 0.443. The van der Waals surface area contributed by atoms with Crippen molar-refractivity contribution in [3.63, 3.8) is 0 Å². The van der Waals surface area contributed by atoms with Crippen LogP contribution >= 0.6 is 23.1 Å². The molecule has 25 heavy (non-hydrogen) atoms. The zero-order chi connectivity index (χ0) is 17.7. The molecule has 2 heterocycles. The van der Waals surface area contributed by atoms with E-state index in [1.165, 1.54) is 63.4 Å². The molecule has 142 valence electrons. The lowest BCUT2D eigenvalue weighted by Gasteiger charge is -2.12. The number of carbonyl (C=O) groups excluding carboxylic acids is 1. The van der Waals surface area contributed by atoms with Gasteiger partial charge in [-0.1, -0.05) is 64.7 Å². The first-order valence-corrected chi connectivity index (χ1v) is 12.0. The molecule has 1 aromatic heterocycles. The molecule has 5 heteroatoms. The Labute approximate surface area is 161 Å². The smallest absolute Gasteiger partial charge is 0.238 e. The van der Waals surface area contributed by atoms with Crippen molar-refractivity contribution in [1.29, 1.82) is 0 Å². The molecule has 1 saturated heterocycles. The normalized spacial score (nSPS) is 20.0. The summed E-state index contributed by atoms with van der Waals surface area (Å²) < 4.78 is 0. The van der Waals surface area contributed by atoms with Gasteiger partial charge in [0.25, 0.3) is 0 Å². The molecule has 2 rings (SSSR count). The number of amides is 1. The van der Waals surface area contributed by atoms with Crippen LogP contribution in [-0.2, 0) is 4.79 Å². The first-order chi connectivity index (χ1) is 12.3. The van der Waals surface area contributed by atoms with Gasteiger partial charge in [-0.2, -0.15) is 11.3 Å². The van der Waals surface area contributed by atoms with Gasteiger partial charge in [-0.25, -0.2) is 0 Å². The molecule has 2 N–H and O–H groups in total. The Kier molecular flexibility index (Phi) is 10.6. The van der Waals surface area contributed by atoms with Gasteiger partial charge in [-0.05, 0) is 28.8 Å². The number of thioether (sulfide) groups is 1. The number of unbranched alkanes of at least 4 members (excludes halogenated alkanes) is 9. The Bertz CT molecular complexity index is 464. The fraction of sp³-hybridized carbons (Fsp3) is 0.750. The van der Waals surface area contributed by atoms with Crippen LogP contribution in [0.15, 0.2) is 16.8 Å². The second-order valence-electron chi connectivity index (χ2n) is 6.96. The molecule has 3 nitrogen and oxygen atoms in total. The molecule has 2 atom stereocenters. The van der Waals surface area contributed by atoms with E-state index in [2.05, 4.69) is 34.4 Å². The average molecular weight is 383 g/mol. The third-order valence-electron chi connectivity index (χ3n) is 4.77. The van der Waals surface area contributed by atoms with E-state index >= 15 is 0 Å². The Balaban J connectivity index is 1.43. The highest BCUT2D eigenvalue weighted by atomic mass is 32.2. The van der Waals surface area contributed by atoms with Gasteiger partial charge >= 0.3 is 0 Å². The van der Waals surface area contributed by atoms with Crippen molar-refractivity contribution in [2.24, 2.45) is 0 Å². The molecule has 1 unspecified atom stereocenters. The Morgan fingerprint density at radius 3 is 2.44 bits per heavy atom. The van der Waals surface area contributed by atoms with Crippen LogP contribution in [0, 0.1) is 0 Å². The second kappa shape index (κ2) is 12.8. The summed E-state index contributed by atoms with van der Waals surface area (Å²) in [5.74, 6) is 1.03. The Morgan fingerprint density at radius 1 is 1.12 bits per heavy atom. The summed E-state index contributed by atoms with van der Waals surface area (Å²) in [6.07, 6.45) is 13.3. The number of hydrogen-bond acceptors (Lipinski definition) is 4. The Morgan fingerprint density at radius 2 is 1.80 bits per heavy atom. The molecule has 1 aliphatic heterocycles. The maximum Gasteiger partial charge on any atom is 0.238 e. The highest BCUT2D eigenvalue weighted by molar-refractivity contribution is 7.99. The van der Waals surface area contributed by atoms with Crippen LogP contribution in [0.3, 0.4) is 0 Å². The molecule has 1 aliphatic rings. The molecule has 0 saturated carbocycles. The summed E-state index contributed by atoms with van der Waals surface area (Å²) >= 11 is 3.54. The SMILES string of the molecule is CCCCCCCCCCCCNC(=O)[C@H]1CSC(c2ccsc2)N1. The highest BCUT2D eigenvalue weighted by Crippen LogP contribution is 2.33. The van der Waals surface area contributed by atoms with Crippen LogP contribution in [0.25, 0.3) is 0 Å². The van der Waals surface area contributed by atoms with Crippen LogP contribution in [0.1, 0.15) is 82.1 Å². The van der Waals surface area contributed by atoms with Gasteiger partial charge < -0.3 is 5.32 Å². The van der Waals surface area contributed by atoms with E-state index in [9.17, 15) is 4.79 Å². The van der Waals surface area contributed by atoms with Crippen molar-refractivity contribution >= 4 is 29.0 Å². The van der Waals surface area contributed by atoms with E-state index in [1.54, 1.807) is 11.3 Å². The molecule has 0 radical (unpaired) electrons. The molecule has 1 aromatic rings. The first-order valence-electron chi connectivity index (χ1n) is 9.98. The molecule has 1 fully saturated rings. The molecule has 0 aliphatic carbocycles. The van der Waals surface area contributed by atoms with Crippen LogP contribution in [-0.4, -0.2) is 24.2 Å². The highest BCUT2D eigenvalue weighted by Gasteiger charge is 2.30. The van der Waals surface area contributed by atoms with Gasteiger partial charge in [0.15, 0.2) is 0 Å². The number of hydrogen-bond donors (Lipinski definition) is 2. The minimum Gasteiger partial charge on any atom is -0.355 e. The van der Waals surface area contributed by atoms with Crippen molar-refractivity contribution in [2.75, 3.05) is 12.3 Å². The fourth-order valence-electron chi connectivity index (χ4n) is 3.19. The van der Waals surface area contributed by atoms with Gasteiger partial charge in [0.1, 0.15) is 0 Å². The van der Waals surface area contributed by atoms with E-state index in [4.69, 9.17) is 0 Å². The third-order valence-corrected chi connectivity index (χ3v) is 6.74. The second-order valence-corrected chi connectivity index (χ2v) is 8.88. The van der Waals surface area contributed by atoms with E-state index in [-0.39, 0.29) is 17.3 Å². The predicted octanol–water partition coefficient (Wildman–Crippen LogP) is 5.49. The number of carbonyl (C=O) groups is 1. The maximum atomic E-state index is 12.2. The van der Waals surface area contributed by atoms with E-state index in [1.807, 2.05) is 11.8 Å². The van der Waals surface area contributed by atoms with E-state index < -0.39 is 0 Å². The van der Waals surface area contributed by atoms with Gasteiger partial charge in [0.05, 0.1) is 11.4 Å². The molecule has 0 spiro atoms. The molecular weight excluding hydrogens is 348 g/mol. The predicted molar refractivity (Wildman–Crippen MR) is 111 cm³/mol. The standard InChI is InChI=1S/C20H34N2OS2/c1-2-3-4-5-6-7-8-9-10-11-13-21-19(23)18-16-25-20(22-18)17-12-14-24-15-17/h12,14-15,18,20,22H,2-11,13,16H2,1H3,(H,21,23)/t18-,20?/m1/s1. The van der Waals surface area contributed by atoms with Gasteiger partial charge in [-0.3, -0.25) is 10.1 Å². The molecule has 1 amide bonds. The fourth-order valence-corrected chi connectivity index (χ4v) is 5.19. The summed E-state index contributed by atoms with van der Waals surface area (Å²) in [6.45, 7) is 3.09. The van der Waals surface area contributed by atoms with Gasteiger partial charge in [0, 0.05) is 12.3 Å². The van der Waals surface area contributed by atoms with Crippen LogP contribution in [0.5, 0.6) is 0 Å². The van der Waals surface area contributed by atoms with Crippen LogP contribution < -0.4 is 10.6 Å². The summed E-state index contributed by atoms with van der Waals surface area (Å²) in [5.41, 5.74) is 1.29. The van der Waals surface area contributed by atoms with Crippen LogP contribution in [0.2, 0.25) is 0 Å². The van der Waals surface area contributed by atoms with Crippen molar-refractivity contribution in [1.82, 2.24) is 10.6 Å². The molecule has 0 bridgehead atoms. The summed E-state index contributed by atoms with van der Waals surface area (Å²) in [4.78, 5) is 12.2. The zero-order valence-corrected chi connectivity index (χ0v) is 17.2. The van der Waals surface area contributed by atoms with E-state index in [0.29, 0.717) is 0 Å². The van der Waals surface area contributed by atoms with Crippen molar-refractivity contribution < 1.29 is 4.79 Å². The van der Waals surface area contributed by atoms with Crippen LogP contribution in [0.4, 0.5) is 0 Å². The number of rotatable bonds is 13.